The first-order valence-electron chi connectivity index (χ1n) is 5.33. The number of rotatable bonds is 4. The minimum Gasteiger partial charge on any atom is -0.345 e. The molecule has 0 fully saturated rings. The van der Waals surface area contributed by atoms with Crippen molar-refractivity contribution in [1.29, 1.82) is 10.5 Å². The van der Waals surface area contributed by atoms with Gasteiger partial charge in [0.05, 0.1) is 12.5 Å². The van der Waals surface area contributed by atoms with Gasteiger partial charge in [0.1, 0.15) is 0 Å². The molecule has 5 nitrogen and oxygen atoms in total. The van der Waals surface area contributed by atoms with Gasteiger partial charge >= 0.3 is 0 Å². The molecule has 0 aliphatic rings. The van der Waals surface area contributed by atoms with Crippen LogP contribution in [0.1, 0.15) is 12.0 Å². The van der Waals surface area contributed by atoms with Gasteiger partial charge in [0.25, 0.3) is 0 Å². The van der Waals surface area contributed by atoms with Crippen LogP contribution < -0.4 is 0 Å². The van der Waals surface area contributed by atoms with Gasteiger partial charge in [0, 0.05) is 25.5 Å². The maximum atomic E-state index is 8.66. The smallest absolute Gasteiger partial charge is 0.208 e. The lowest BCUT2D eigenvalue weighted by molar-refractivity contribution is 0.429. The van der Waals surface area contributed by atoms with E-state index in [1.54, 1.807) is 18.6 Å². The van der Waals surface area contributed by atoms with Gasteiger partial charge in [-0.2, -0.15) is 10.5 Å². The lowest BCUT2D eigenvalue weighted by Crippen LogP contribution is -2.29. The molecule has 1 rings (SSSR count). The zero-order chi connectivity index (χ0) is 13.2. The van der Waals surface area contributed by atoms with Crippen molar-refractivity contribution >= 4 is 16.9 Å². The highest BCUT2D eigenvalue weighted by Gasteiger charge is 2.11. The fourth-order valence-corrected chi connectivity index (χ4v) is 1.97. The summed E-state index contributed by atoms with van der Waals surface area (Å²) in [5.74, 6) is 0. The van der Waals surface area contributed by atoms with Gasteiger partial charge in [-0.1, -0.05) is 17.8 Å². The number of nitriles is 2. The highest BCUT2D eigenvalue weighted by Crippen LogP contribution is 2.11. The molecule has 0 spiro atoms. The molecule has 0 saturated carbocycles. The zero-order valence-electron chi connectivity index (χ0n) is 10.1. The Morgan fingerprint density at radius 3 is 2.94 bits per heavy atom. The summed E-state index contributed by atoms with van der Waals surface area (Å²) in [4.78, 5) is 9.73. The average Bonchev–Trinajstić information content (AvgIpc) is 2.42. The number of thioether (sulfide) groups is 1. The molecule has 1 aromatic rings. The summed E-state index contributed by atoms with van der Waals surface area (Å²) in [5, 5.41) is 17.9. The van der Waals surface area contributed by atoms with Crippen molar-refractivity contribution in [3.8, 4) is 12.3 Å². The summed E-state index contributed by atoms with van der Waals surface area (Å²) in [6.45, 7) is 1.14. The third-order valence-electron chi connectivity index (χ3n) is 2.19. The minimum atomic E-state index is 0.394. The second-order valence-corrected chi connectivity index (χ2v) is 4.16. The van der Waals surface area contributed by atoms with Gasteiger partial charge in [-0.05, 0) is 17.9 Å². The molecule has 92 valence electrons. The van der Waals surface area contributed by atoms with Crippen LogP contribution in [0, 0.1) is 22.8 Å². The Bertz CT molecular complexity index is 471. The van der Waals surface area contributed by atoms with E-state index in [1.807, 2.05) is 23.3 Å². The first-order valence-corrected chi connectivity index (χ1v) is 6.56. The predicted molar refractivity (Wildman–Crippen MR) is 71.4 cm³/mol. The zero-order valence-corrected chi connectivity index (χ0v) is 10.9. The quantitative estimate of drug-likeness (QED) is 0.469. The number of pyridine rings is 1. The molecule has 0 unspecified atom stereocenters. The topological polar surface area (TPSA) is 76.1 Å². The van der Waals surface area contributed by atoms with Crippen LogP contribution in [0.2, 0.25) is 0 Å². The van der Waals surface area contributed by atoms with Gasteiger partial charge in [-0.15, -0.1) is 4.99 Å². The summed E-state index contributed by atoms with van der Waals surface area (Å²) in [5.41, 5.74) is 1.02. The van der Waals surface area contributed by atoms with Crippen molar-refractivity contribution < 1.29 is 0 Å². The van der Waals surface area contributed by atoms with Crippen LogP contribution in [0.25, 0.3) is 0 Å². The maximum Gasteiger partial charge on any atom is 0.208 e. The molecule has 0 amide bonds. The highest BCUT2D eigenvalue weighted by molar-refractivity contribution is 8.13. The third-order valence-corrected chi connectivity index (χ3v) is 2.90. The number of hydrogen-bond acceptors (Lipinski definition) is 5. The van der Waals surface area contributed by atoms with E-state index in [1.165, 1.54) is 11.8 Å². The van der Waals surface area contributed by atoms with Crippen LogP contribution in [0.15, 0.2) is 29.5 Å². The Morgan fingerprint density at radius 1 is 1.56 bits per heavy atom. The lowest BCUT2D eigenvalue weighted by atomic mass is 10.2. The molecule has 0 aromatic carbocycles. The molecule has 18 heavy (non-hydrogen) atoms. The van der Waals surface area contributed by atoms with Crippen molar-refractivity contribution in [2.45, 2.75) is 13.0 Å². The predicted octanol–water partition coefficient (Wildman–Crippen LogP) is 2.00. The lowest BCUT2D eigenvalue weighted by Gasteiger charge is -2.23. The van der Waals surface area contributed by atoms with E-state index in [2.05, 4.69) is 16.0 Å². The maximum absolute atomic E-state index is 8.66. The number of amidine groups is 1. The fourth-order valence-electron chi connectivity index (χ4n) is 1.43. The third kappa shape index (κ3) is 4.44. The highest BCUT2D eigenvalue weighted by atomic mass is 32.2. The Hall–Kier alpha value is -2.05. The fraction of sp³-hybridized carbons (Fsp3) is 0.333. The van der Waals surface area contributed by atoms with Crippen LogP contribution in [0.5, 0.6) is 0 Å². The summed E-state index contributed by atoms with van der Waals surface area (Å²) in [6, 6.07) is 5.91. The van der Waals surface area contributed by atoms with E-state index in [4.69, 9.17) is 10.5 Å². The van der Waals surface area contributed by atoms with E-state index in [9.17, 15) is 0 Å². The molecule has 0 radical (unpaired) electrons. The molecule has 0 atom stereocenters. The summed E-state index contributed by atoms with van der Waals surface area (Å²) in [7, 11) is 0. The van der Waals surface area contributed by atoms with E-state index in [0.717, 1.165) is 5.56 Å². The molecule has 0 bridgehead atoms. The number of aromatic nitrogens is 1. The Kier molecular flexibility index (Phi) is 6.31. The Balaban J connectivity index is 2.82. The number of hydrogen-bond donors (Lipinski definition) is 0. The second kappa shape index (κ2) is 8.10. The standard InChI is InChI=1S/C12H13N5S/c1-18-12(16-10-14)17(7-3-5-13)9-11-4-2-6-15-8-11/h2,4,6,8H,3,7,9H2,1H3. The Morgan fingerprint density at radius 2 is 2.39 bits per heavy atom. The van der Waals surface area contributed by atoms with Crippen LogP contribution in [0.4, 0.5) is 0 Å². The molecular formula is C12H13N5S. The summed E-state index contributed by atoms with van der Waals surface area (Å²) < 4.78 is 0. The SMILES string of the molecule is CSC(=NC#N)N(CCC#N)Cc1cccnc1. The van der Waals surface area contributed by atoms with Crippen molar-refractivity contribution in [3.05, 3.63) is 30.1 Å². The molecule has 6 heteroatoms. The van der Waals surface area contributed by atoms with Crippen LogP contribution in [-0.4, -0.2) is 27.9 Å². The number of nitrogens with zero attached hydrogens (tertiary/aromatic N) is 5. The van der Waals surface area contributed by atoms with Gasteiger partial charge in [-0.3, -0.25) is 4.98 Å². The largest absolute Gasteiger partial charge is 0.345 e. The normalized spacial score (nSPS) is 10.5. The van der Waals surface area contributed by atoms with E-state index >= 15 is 0 Å². The monoisotopic (exact) mass is 259 g/mol. The molecule has 1 aromatic heterocycles. The average molecular weight is 259 g/mol. The molecule has 0 aliphatic carbocycles. The second-order valence-electron chi connectivity index (χ2n) is 3.39. The van der Waals surface area contributed by atoms with Gasteiger partial charge in [-0.25, -0.2) is 0 Å². The minimum absolute atomic E-state index is 0.394. The number of aliphatic imine (C=N–C) groups is 1. The van der Waals surface area contributed by atoms with Crippen LogP contribution >= 0.6 is 11.8 Å². The molecular weight excluding hydrogens is 246 g/mol. The van der Waals surface area contributed by atoms with Gasteiger partial charge in [0.15, 0.2) is 5.17 Å². The molecule has 0 saturated heterocycles. The molecule has 0 N–H and O–H groups in total. The van der Waals surface area contributed by atoms with Crippen molar-refractivity contribution in [2.75, 3.05) is 12.8 Å². The summed E-state index contributed by atoms with van der Waals surface area (Å²) >= 11 is 1.40. The van der Waals surface area contributed by atoms with Gasteiger partial charge in [0.2, 0.25) is 6.19 Å². The van der Waals surface area contributed by atoms with E-state index < -0.39 is 0 Å². The van der Waals surface area contributed by atoms with Crippen molar-refractivity contribution in [1.82, 2.24) is 9.88 Å². The first-order chi connectivity index (χ1) is 8.81. The van der Waals surface area contributed by atoms with Crippen molar-refractivity contribution in [3.63, 3.8) is 0 Å². The van der Waals surface area contributed by atoms with Gasteiger partial charge < -0.3 is 4.90 Å². The summed E-state index contributed by atoms with van der Waals surface area (Å²) in [6.07, 6.45) is 7.52. The van der Waals surface area contributed by atoms with Crippen LogP contribution in [0.3, 0.4) is 0 Å². The van der Waals surface area contributed by atoms with E-state index in [0.29, 0.717) is 24.7 Å². The van der Waals surface area contributed by atoms with E-state index in [-0.39, 0.29) is 0 Å². The molecule has 1 heterocycles. The Labute approximate surface area is 111 Å². The van der Waals surface area contributed by atoms with Crippen molar-refractivity contribution in [2.24, 2.45) is 4.99 Å². The molecule has 0 aliphatic heterocycles. The first kappa shape index (κ1) is 14.0. The van der Waals surface area contributed by atoms with Crippen LogP contribution in [-0.2, 0) is 6.54 Å².